The van der Waals surface area contributed by atoms with Crippen molar-refractivity contribution in [3.8, 4) is 0 Å². The van der Waals surface area contributed by atoms with Gasteiger partial charge in [0.05, 0.1) is 10.8 Å². The number of esters is 6. The van der Waals surface area contributed by atoms with E-state index < -0.39 is 79.9 Å². The predicted octanol–water partition coefficient (Wildman–Crippen LogP) is 11.6. The highest BCUT2D eigenvalue weighted by Gasteiger charge is 2.59. The van der Waals surface area contributed by atoms with Crippen LogP contribution in [0.15, 0.2) is 24.3 Å². The molecule has 0 aliphatic carbocycles. The quantitative estimate of drug-likeness (QED) is 0.0438. The molecule has 0 rings (SSSR count). The van der Waals surface area contributed by atoms with E-state index in [0.29, 0.717) is 12.0 Å². The molecule has 0 aliphatic rings. The Bertz CT molecular complexity index is 1540. The molecule has 0 saturated heterocycles. The molecule has 0 spiro atoms. The van der Waals surface area contributed by atoms with Gasteiger partial charge in [-0.25, -0.2) is 19.2 Å². The van der Waals surface area contributed by atoms with Crippen LogP contribution in [0.5, 0.6) is 0 Å². The lowest BCUT2D eigenvalue weighted by molar-refractivity contribution is -0.294. The van der Waals surface area contributed by atoms with Gasteiger partial charge in [0.2, 0.25) is 0 Å². The van der Waals surface area contributed by atoms with Crippen molar-refractivity contribution >= 4 is 35.8 Å². The van der Waals surface area contributed by atoms with Crippen LogP contribution in [-0.2, 0) is 57.2 Å². The van der Waals surface area contributed by atoms with Gasteiger partial charge < -0.3 is 28.4 Å². The Kier molecular flexibility index (Phi) is 30.3. The van der Waals surface area contributed by atoms with Crippen molar-refractivity contribution in [2.45, 2.75) is 184 Å². The second-order valence-electron chi connectivity index (χ2n) is 16.2. The fraction of sp³-hybridized carbons (Fsp3) is 0.773. The zero-order valence-corrected chi connectivity index (χ0v) is 40.6. The number of ether oxygens (including phenoxy) is 6. The fourth-order valence-electron chi connectivity index (χ4n) is 4.00. The molecule has 66 heavy (non-hydrogen) atoms. The van der Waals surface area contributed by atoms with Gasteiger partial charge >= 0.3 is 60.0 Å². The van der Waals surface area contributed by atoms with Gasteiger partial charge in [0.1, 0.15) is 11.2 Å². The fourth-order valence-corrected chi connectivity index (χ4v) is 4.00. The van der Waals surface area contributed by atoms with Gasteiger partial charge in [-0.2, -0.15) is 43.9 Å². The summed E-state index contributed by atoms with van der Waals surface area (Å²) >= 11 is 0. The van der Waals surface area contributed by atoms with E-state index in [9.17, 15) is 72.7 Å². The molecule has 0 unspecified atom stereocenters. The zero-order chi connectivity index (χ0) is 53.3. The number of rotatable bonds is 22. The summed E-state index contributed by atoms with van der Waals surface area (Å²) in [6, 6.07) is 0. The molecule has 0 N–H and O–H groups in total. The molecular formula is C44H70F10O12. The predicted molar refractivity (Wildman–Crippen MR) is 223 cm³/mol. The van der Waals surface area contributed by atoms with Gasteiger partial charge in [0.15, 0.2) is 26.4 Å². The van der Waals surface area contributed by atoms with Crippen LogP contribution in [0.4, 0.5) is 43.9 Å². The molecule has 0 fully saturated rings. The van der Waals surface area contributed by atoms with Crippen LogP contribution in [0.3, 0.4) is 0 Å². The van der Waals surface area contributed by atoms with Crippen molar-refractivity contribution in [1.29, 1.82) is 0 Å². The van der Waals surface area contributed by atoms with E-state index in [1.807, 2.05) is 41.5 Å². The molecule has 0 amide bonds. The van der Waals surface area contributed by atoms with Gasteiger partial charge in [-0.1, -0.05) is 68.5 Å². The highest BCUT2D eigenvalue weighted by atomic mass is 19.4. The van der Waals surface area contributed by atoms with Crippen molar-refractivity contribution in [2.24, 2.45) is 10.8 Å². The van der Waals surface area contributed by atoms with Crippen LogP contribution in [0.2, 0.25) is 0 Å². The molecule has 0 aliphatic heterocycles. The Morgan fingerprint density at radius 3 is 0.970 bits per heavy atom. The average molecular weight is 981 g/mol. The first-order valence-electron chi connectivity index (χ1n) is 21.0. The monoisotopic (exact) mass is 980 g/mol. The summed E-state index contributed by atoms with van der Waals surface area (Å²) in [6.45, 7) is 26.3. The number of alkyl halides is 10. The third kappa shape index (κ3) is 25.5. The molecule has 0 atom stereocenters. The molecule has 0 aromatic rings. The number of carbonyl (C=O) groups is 6. The molecule has 12 nitrogen and oxygen atoms in total. The molecule has 0 aromatic carbocycles. The number of halogens is 10. The largest absolute Gasteiger partial charge is 0.459 e. The third-order valence-electron chi connectivity index (χ3n) is 10.4. The smallest absolute Gasteiger partial charge is 0.456 e. The number of hydrogen-bond acceptors (Lipinski definition) is 12. The van der Waals surface area contributed by atoms with Gasteiger partial charge in [0.25, 0.3) is 0 Å². The van der Waals surface area contributed by atoms with E-state index in [4.69, 9.17) is 9.47 Å². The molecule has 22 heteroatoms. The summed E-state index contributed by atoms with van der Waals surface area (Å²) in [6.07, 6.45) is -5.15. The Morgan fingerprint density at radius 2 is 0.697 bits per heavy atom. The lowest BCUT2D eigenvalue weighted by atomic mass is 9.88. The van der Waals surface area contributed by atoms with Crippen molar-refractivity contribution in [3.05, 3.63) is 24.3 Å². The summed E-state index contributed by atoms with van der Waals surface area (Å²) < 4.78 is 147. The lowest BCUT2D eigenvalue weighted by Crippen LogP contribution is -2.41. The molecule has 0 bridgehead atoms. The topological polar surface area (TPSA) is 158 Å². The molecule has 0 aromatic heterocycles. The summed E-state index contributed by atoms with van der Waals surface area (Å²) in [5.74, 6) is -15.4. The Morgan fingerprint density at radius 1 is 0.409 bits per heavy atom. The first kappa shape index (κ1) is 68.2. The standard InChI is InChI=1S/C13H26O2.C11H15F5O4.C11H20O2.C9H9F5O4/c1-7-12(5,6)11(14)15-13(8-2,9-3)10-4;1-4-9(2,3)8(18)19-5-7(17)20-6-10(12,13)11(14,15)16;1-6-11(7-2,8-3)13-10(12)9(4)5;1-5(2)7(16)17-3-6(15)18-4-8(10,11)9(12,13)14/h7-10H2,1-6H3;4-6H2,1-3H3;4,6-8H2,1-3,5H3;1,3-4H2,2H3. The van der Waals surface area contributed by atoms with Gasteiger partial charge in [-0.05, 0) is 92.9 Å². The van der Waals surface area contributed by atoms with Crippen LogP contribution in [-0.4, -0.2) is 97.6 Å². The van der Waals surface area contributed by atoms with Crippen LogP contribution in [0.25, 0.3) is 0 Å². The van der Waals surface area contributed by atoms with E-state index >= 15 is 0 Å². The van der Waals surface area contributed by atoms with E-state index in [-0.39, 0.29) is 34.1 Å². The zero-order valence-electron chi connectivity index (χ0n) is 40.6. The maximum Gasteiger partial charge on any atom is 0.456 e. The summed E-state index contributed by atoms with van der Waals surface area (Å²) in [4.78, 5) is 67.1. The van der Waals surface area contributed by atoms with E-state index in [1.54, 1.807) is 13.8 Å². The minimum absolute atomic E-state index is 0.0597. The van der Waals surface area contributed by atoms with Crippen molar-refractivity contribution in [3.63, 3.8) is 0 Å². The minimum atomic E-state index is -5.82. The Balaban J connectivity index is -0.000000393. The summed E-state index contributed by atoms with van der Waals surface area (Å²) in [7, 11) is 0. The number of carbonyl (C=O) groups excluding carboxylic acids is 6. The Labute approximate surface area is 381 Å². The van der Waals surface area contributed by atoms with Crippen LogP contribution >= 0.6 is 0 Å². The van der Waals surface area contributed by atoms with Crippen LogP contribution in [0, 0.1) is 10.8 Å². The highest BCUT2D eigenvalue weighted by molar-refractivity contribution is 5.88. The van der Waals surface area contributed by atoms with Gasteiger partial charge in [-0.15, -0.1) is 0 Å². The summed E-state index contributed by atoms with van der Waals surface area (Å²) in [5, 5.41) is 0. The highest BCUT2D eigenvalue weighted by Crippen LogP contribution is 2.37. The van der Waals surface area contributed by atoms with Gasteiger partial charge in [0, 0.05) is 11.1 Å². The van der Waals surface area contributed by atoms with Crippen molar-refractivity contribution in [1.82, 2.24) is 0 Å². The van der Waals surface area contributed by atoms with Crippen LogP contribution in [0.1, 0.15) is 148 Å². The summed E-state index contributed by atoms with van der Waals surface area (Å²) in [5.41, 5.74) is -1.37. The van der Waals surface area contributed by atoms with E-state index in [2.05, 4.69) is 52.9 Å². The second-order valence-corrected chi connectivity index (χ2v) is 16.2. The maximum absolute atomic E-state index is 12.4. The maximum atomic E-state index is 12.4. The van der Waals surface area contributed by atoms with Crippen LogP contribution < -0.4 is 0 Å². The SMILES string of the molecule is C=C(C)C(=O)OC(CC)(CC)CC.C=C(C)C(=O)OCC(=O)OCC(F)(F)C(F)(F)F.CCC(C)(C)C(=O)OCC(=O)OCC(F)(F)C(F)(F)F.CCC(CC)(CC)OC(=O)C(C)(C)CC. The number of hydrogen-bond donors (Lipinski definition) is 0. The molecule has 0 radical (unpaired) electrons. The third-order valence-corrected chi connectivity index (χ3v) is 10.4. The lowest BCUT2D eigenvalue weighted by Gasteiger charge is -2.34. The molecule has 0 saturated carbocycles. The normalized spacial score (nSPS) is 12.2. The molecule has 0 heterocycles. The van der Waals surface area contributed by atoms with E-state index in [0.717, 1.165) is 44.9 Å². The van der Waals surface area contributed by atoms with Crippen molar-refractivity contribution in [2.75, 3.05) is 26.4 Å². The van der Waals surface area contributed by atoms with E-state index in [1.165, 1.54) is 20.8 Å². The minimum Gasteiger partial charge on any atom is -0.459 e. The van der Waals surface area contributed by atoms with Gasteiger partial charge in [-0.3, -0.25) is 9.59 Å². The first-order valence-corrected chi connectivity index (χ1v) is 21.0. The average Bonchev–Trinajstić information content (AvgIpc) is 3.23. The van der Waals surface area contributed by atoms with Crippen molar-refractivity contribution < 1.29 is 101 Å². The molecular weight excluding hydrogens is 910 g/mol. The Hall–Kier alpha value is -4.40. The first-order chi connectivity index (χ1) is 29.7. The second kappa shape index (κ2) is 29.4. The molecule has 388 valence electrons.